The van der Waals surface area contributed by atoms with Gasteiger partial charge in [0.1, 0.15) is 5.75 Å². The van der Waals surface area contributed by atoms with Crippen molar-refractivity contribution in [2.24, 2.45) is 11.8 Å². The lowest BCUT2D eigenvalue weighted by atomic mass is 9.95. The summed E-state index contributed by atoms with van der Waals surface area (Å²) in [4.78, 5) is 24.7. The molecule has 0 aromatic heterocycles. The van der Waals surface area contributed by atoms with Gasteiger partial charge >= 0.3 is 5.97 Å². The Balaban J connectivity index is 2.11. The standard InChI is InChI=1S/C22H27NO4/c1-15-10-16(2)12-19(11-15)23-21(24)18(13-17(3)22(25)26-4)14-27-20-8-6-5-7-9-20/h5-12,17-18H,13-14H2,1-4H3,(H,23,24). The van der Waals surface area contributed by atoms with E-state index < -0.39 is 11.8 Å². The fourth-order valence-corrected chi connectivity index (χ4v) is 2.98. The molecule has 2 rings (SSSR count). The second kappa shape index (κ2) is 9.76. The Morgan fingerprint density at radius 3 is 2.26 bits per heavy atom. The normalized spacial score (nSPS) is 12.7. The van der Waals surface area contributed by atoms with Gasteiger partial charge in [-0.2, -0.15) is 0 Å². The molecule has 0 saturated heterocycles. The Morgan fingerprint density at radius 1 is 1.04 bits per heavy atom. The van der Waals surface area contributed by atoms with Gasteiger partial charge in [-0.25, -0.2) is 0 Å². The molecule has 27 heavy (non-hydrogen) atoms. The molecule has 0 saturated carbocycles. The highest BCUT2D eigenvalue weighted by atomic mass is 16.5. The molecule has 2 aromatic carbocycles. The molecule has 0 fully saturated rings. The van der Waals surface area contributed by atoms with Crippen molar-refractivity contribution < 1.29 is 19.1 Å². The third-order valence-electron chi connectivity index (χ3n) is 4.30. The molecule has 0 aliphatic heterocycles. The summed E-state index contributed by atoms with van der Waals surface area (Å²) in [6.07, 6.45) is 0.343. The van der Waals surface area contributed by atoms with Crippen molar-refractivity contribution in [1.82, 2.24) is 0 Å². The Labute approximate surface area is 160 Å². The van der Waals surface area contributed by atoms with Gasteiger partial charge in [0.25, 0.3) is 0 Å². The molecule has 2 atom stereocenters. The first kappa shape index (κ1) is 20.5. The number of aryl methyl sites for hydroxylation is 2. The third-order valence-corrected chi connectivity index (χ3v) is 4.30. The maximum Gasteiger partial charge on any atom is 0.308 e. The van der Waals surface area contributed by atoms with Crippen molar-refractivity contribution in [3.05, 3.63) is 59.7 Å². The van der Waals surface area contributed by atoms with Crippen LogP contribution in [-0.4, -0.2) is 25.6 Å². The van der Waals surface area contributed by atoms with Gasteiger partial charge in [-0.05, 0) is 55.7 Å². The average molecular weight is 369 g/mol. The fourth-order valence-electron chi connectivity index (χ4n) is 2.98. The van der Waals surface area contributed by atoms with Crippen LogP contribution in [0.4, 0.5) is 5.69 Å². The number of nitrogens with one attached hydrogen (secondary N) is 1. The smallest absolute Gasteiger partial charge is 0.308 e. The van der Waals surface area contributed by atoms with E-state index in [-0.39, 0.29) is 18.5 Å². The van der Waals surface area contributed by atoms with E-state index in [1.54, 1.807) is 6.92 Å². The number of anilines is 1. The first-order chi connectivity index (χ1) is 12.9. The zero-order valence-corrected chi connectivity index (χ0v) is 16.3. The number of rotatable bonds is 8. The van der Waals surface area contributed by atoms with Crippen molar-refractivity contribution in [1.29, 1.82) is 0 Å². The molecule has 0 spiro atoms. The van der Waals surface area contributed by atoms with Crippen LogP contribution < -0.4 is 10.1 Å². The van der Waals surface area contributed by atoms with Gasteiger partial charge in [0.15, 0.2) is 0 Å². The summed E-state index contributed by atoms with van der Waals surface area (Å²) in [5, 5.41) is 2.95. The minimum Gasteiger partial charge on any atom is -0.493 e. The number of hydrogen-bond acceptors (Lipinski definition) is 4. The number of benzene rings is 2. The van der Waals surface area contributed by atoms with E-state index in [1.165, 1.54) is 7.11 Å². The summed E-state index contributed by atoms with van der Waals surface area (Å²) in [6.45, 7) is 5.91. The molecule has 2 unspecified atom stereocenters. The summed E-state index contributed by atoms with van der Waals surface area (Å²) in [5.74, 6) is -0.706. The molecule has 1 amide bonds. The second-order valence-electron chi connectivity index (χ2n) is 6.85. The first-order valence-corrected chi connectivity index (χ1v) is 9.04. The van der Waals surface area contributed by atoms with Crippen LogP contribution in [0.3, 0.4) is 0 Å². The number of carbonyl (C=O) groups is 2. The largest absolute Gasteiger partial charge is 0.493 e. The molecule has 0 radical (unpaired) electrons. The van der Waals surface area contributed by atoms with Crippen LogP contribution >= 0.6 is 0 Å². The van der Waals surface area contributed by atoms with Gasteiger partial charge < -0.3 is 14.8 Å². The summed E-state index contributed by atoms with van der Waals surface area (Å²) in [5.41, 5.74) is 2.89. The van der Waals surface area contributed by atoms with Gasteiger partial charge in [0.2, 0.25) is 5.91 Å². The summed E-state index contributed by atoms with van der Waals surface area (Å²) in [6, 6.07) is 15.2. The SMILES string of the molecule is COC(=O)C(C)CC(COc1ccccc1)C(=O)Nc1cc(C)cc(C)c1. The monoisotopic (exact) mass is 369 g/mol. The second-order valence-corrected chi connectivity index (χ2v) is 6.85. The maximum atomic E-state index is 12.9. The van der Waals surface area contributed by atoms with E-state index >= 15 is 0 Å². The Morgan fingerprint density at radius 2 is 1.67 bits per heavy atom. The van der Waals surface area contributed by atoms with Gasteiger partial charge in [0.05, 0.1) is 25.6 Å². The molecule has 0 bridgehead atoms. The Hall–Kier alpha value is -2.82. The van der Waals surface area contributed by atoms with E-state index in [0.29, 0.717) is 12.2 Å². The number of methoxy groups -OCH3 is 1. The number of carbonyl (C=O) groups excluding carboxylic acids is 2. The quantitative estimate of drug-likeness (QED) is 0.711. The van der Waals surface area contributed by atoms with Crippen LogP contribution in [0.1, 0.15) is 24.5 Å². The molecule has 1 N–H and O–H groups in total. The average Bonchev–Trinajstić information content (AvgIpc) is 2.64. The van der Waals surface area contributed by atoms with Crippen LogP contribution in [0.5, 0.6) is 5.75 Å². The topological polar surface area (TPSA) is 64.6 Å². The lowest BCUT2D eigenvalue weighted by Crippen LogP contribution is -2.31. The Bertz CT molecular complexity index is 753. The number of ether oxygens (including phenoxy) is 2. The van der Waals surface area contributed by atoms with Crippen molar-refractivity contribution >= 4 is 17.6 Å². The number of amides is 1. The van der Waals surface area contributed by atoms with Crippen molar-refractivity contribution in [2.75, 3.05) is 19.0 Å². The van der Waals surface area contributed by atoms with Crippen molar-refractivity contribution in [3.63, 3.8) is 0 Å². The molecular formula is C22H27NO4. The summed E-state index contributed by atoms with van der Waals surface area (Å²) >= 11 is 0. The zero-order valence-electron chi connectivity index (χ0n) is 16.3. The fraction of sp³-hybridized carbons (Fsp3) is 0.364. The molecule has 2 aromatic rings. The highest BCUT2D eigenvalue weighted by Crippen LogP contribution is 2.20. The van der Waals surface area contributed by atoms with Crippen molar-refractivity contribution in [3.8, 4) is 5.75 Å². The van der Waals surface area contributed by atoms with E-state index in [9.17, 15) is 9.59 Å². The molecule has 144 valence electrons. The van der Waals surface area contributed by atoms with E-state index in [0.717, 1.165) is 16.8 Å². The lowest BCUT2D eigenvalue weighted by molar-refractivity contribution is -0.145. The highest BCUT2D eigenvalue weighted by Gasteiger charge is 2.26. The molecule has 0 aliphatic carbocycles. The van der Waals surface area contributed by atoms with Crippen LogP contribution in [0, 0.1) is 25.7 Å². The Kier molecular flexibility index (Phi) is 7.41. The van der Waals surface area contributed by atoms with E-state index in [1.807, 2.05) is 62.4 Å². The van der Waals surface area contributed by atoms with Crippen LogP contribution in [0.2, 0.25) is 0 Å². The van der Waals surface area contributed by atoms with Gasteiger partial charge in [-0.15, -0.1) is 0 Å². The van der Waals surface area contributed by atoms with Gasteiger partial charge in [-0.3, -0.25) is 9.59 Å². The molecule has 5 heteroatoms. The van der Waals surface area contributed by atoms with Crippen molar-refractivity contribution in [2.45, 2.75) is 27.2 Å². The zero-order chi connectivity index (χ0) is 19.8. The first-order valence-electron chi connectivity index (χ1n) is 9.04. The minimum absolute atomic E-state index is 0.174. The number of hydrogen-bond donors (Lipinski definition) is 1. The minimum atomic E-state index is -0.486. The number of para-hydroxylation sites is 1. The van der Waals surface area contributed by atoms with Gasteiger partial charge in [0, 0.05) is 5.69 Å². The molecule has 5 nitrogen and oxygen atoms in total. The molecular weight excluding hydrogens is 342 g/mol. The lowest BCUT2D eigenvalue weighted by Gasteiger charge is -2.20. The highest BCUT2D eigenvalue weighted by molar-refractivity contribution is 5.93. The number of esters is 1. The van der Waals surface area contributed by atoms with Crippen LogP contribution in [0.25, 0.3) is 0 Å². The van der Waals surface area contributed by atoms with Gasteiger partial charge in [-0.1, -0.05) is 31.2 Å². The molecule has 0 heterocycles. The van der Waals surface area contributed by atoms with Crippen LogP contribution in [0.15, 0.2) is 48.5 Å². The molecule has 0 aliphatic rings. The summed E-state index contributed by atoms with van der Waals surface area (Å²) in [7, 11) is 1.35. The maximum absolute atomic E-state index is 12.9. The van der Waals surface area contributed by atoms with E-state index in [2.05, 4.69) is 5.32 Å². The predicted octanol–water partition coefficient (Wildman–Crippen LogP) is 4.14. The van der Waals surface area contributed by atoms with E-state index in [4.69, 9.17) is 9.47 Å². The third kappa shape index (κ3) is 6.44. The van der Waals surface area contributed by atoms with Crippen LogP contribution in [-0.2, 0) is 14.3 Å². The summed E-state index contributed by atoms with van der Waals surface area (Å²) < 4.78 is 10.6. The predicted molar refractivity (Wildman–Crippen MR) is 106 cm³/mol.